The summed E-state index contributed by atoms with van der Waals surface area (Å²) in [6.45, 7) is 10.7. The summed E-state index contributed by atoms with van der Waals surface area (Å²) in [5.41, 5.74) is 1.43. The van der Waals surface area contributed by atoms with Crippen molar-refractivity contribution in [1.82, 2.24) is 10.2 Å². The minimum Gasteiger partial charge on any atom is -0.481 e. The van der Waals surface area contributed by atoms with Gasteiger partial charge in [-0.15, -0.1) is 0 Å². The standard InChI is InChI=1S/C24H36FN3O/c1-18-13-19(25)7-8-20(18)21-15-26-17-24(2)14-23(27-16-22(21)24)29-12-6-11-28-9-4-3-5-10-28/h7-8,13,16,18,20-21,26H,3-6,9-12,14-15,17H2,1-2H3. The highest BCUT2D eigenvalue weighted by molar-refractivity contribution is 5.79. The first-order valence-electron chi connectivity index (χ1n) is 11.4. The molecule has 0 spiro atoms. The molecule has 5 heteroatoms. The molecule has 0 aromatic rings. The number of hydrogen-bond acceptors (Lipinski definition) is 4. The van der Waals surface area contributed by atoms with Crippen LogP contribution in [0.1, 0.15) is 46.0 Å². The molecule has 1 N–H and O–H groups in total. The van der Waals surface area contributed by atoms with E-state index in [0.29, 0.717) is 11.8 Å². The van der Waals surface area contributed by atoms with Crippen LogP contribution in [0, 0.1) is 23.2 Å². The lowest BCUT2D eigenvalue weighted by molar-refractivity contribution is 0.187. The number of nitrogens with one attached hydrogen (secondary N) is 1. The average molecular weight is 402 g/mol. The number of nitrogens with zero attached hydrogens (tertiary/aromatic N) is 2. The molecule has 0 bridgehead atoms. The van der Waals surface area contributed by atoms with Crippen molar-refractivity contribution in [3.63, 3.8) is 0 Å². The van der Waals surface area contributed by atoms with Crippen LogP contribution < -0.4 is 5.32 Å². The number of fused-ring (bicyclic) bond motifs is 1. The first kappa shape index (κ1) is 20.8. The van der Waals surface area contributed by atoms with Gasteiger partial charge in [-0.1, -0.05) is 26.3 Å². The van der Waals surface area contributed by atoms with E-state index in [2.05, 4.69) is 36.3 Å². The molecule has 2 fully saturated rings. The SMILES string of the molecule is CC1C=C(F)C=CC1C1CNCC2(C)CC(OCCCN3CCCCC3)=NC=C12. The predicted molar refractivity (Wildman–Crippen MR) is 116 cm³/mol. The highest BCUT2D eigenvalue weighted by atomic mass is 19.1. The van der Waals surface area contributed by atoms with E-state index in [1.165, 1.54) is 37.9 Å². The highest BCUT2D eigenvalue weighted by Crippen LogP contribution is 2.46. The third kappa shape index (κ3) is 4.83. The number of allylic oxidation sites excluding steroid dienone is 4. The number of ether oxygens (including phenoxy) is 1. The molecule has 3 heterocycles. The summed E-state index contributed by atoms with van der Waals surface area (Å²) in [6.07, 6.45) is 13.5. The van der Waals surface area contributed by atoms with Gasteiger partial charge in [-0.25, -0.2) is 9.38 Å². The topological polar surface area (TPSA) is 36.9 Å². The summed E-state index contributed by atoms with van der Waals surface area (Å²) in [4.78, 5) is 7.26. The summed E-state index contributed by atoms with van der Waals surface area (Å²) < 4.78 is 19.7. The van der Waals surface area contributed by atoms with Crippen molar-refractivity contribution >= 4 is 5.90 Å². The van der Waals surface area contributed by atoms with E-state index in [0.717, 1.165) is 45.0 Å². The largest absolute Gasteiger partial charge is 0.481 e. The summed E-state index contributed by atoms with van der Waals surface area (Å²) in [7, 11) is 0. The quantitative estimate of drug-likeness (QED) is 0.691. The molecule has 4 nitrogen and oxygen atoms in total. The van der Waals surface area contributed by atoms with Crippen LogP contribution in [0.15, 0.2) is 40.8 Å². The van der Waals surface area contributed by atoms with Gasteiger partial charge in [0.1, 0.15) is 5.83 Å². The minimum absolute atomic E-state index is 0.0279. The smallest absolute Gasteiger partial charge is 0.188 e. The van der Waals surface area contributed by atoms with Gasteiger partial charge in [0.25, 0.3) is 0 Å². The van der Waals surface area contributed by atoms with Gasteiger partial charge in [0.15, 0.2) is 5.90 Å². The third-order valence-electron chi connectivity index (χ3n) is 7.17. The van der Waals surface area contributed by atoms with Gasteiger partial charge in [0.05, 0.1) is 6.61 Å². The van der Waals surface area contributed by atoms with Crippen LogP contribution in [0.3, 0.4) is 0 Å². The molecule has 0 radical (unpaired) electrons. The lowest BCUT2D eigenvalue weighted by atomic mass is 9.64. The molecule has 0 aromatic carbocycles. The molecule has 2 saturated heterocycles. The number of hydrogen-bond donors (Lipinski definition) is 1. The van der Waals surface area contributed by atoms with Crippen LogP contribution >= 0.6 is 0 Å². The second-order valence-electron chi connectivity index (χ2n) is 9.53. The fourth-order valence-corrected chi connectivity index (χ4v) is 5.49. The van der Waals surface area contributed by atoms with Crippen molar-refractivity contribution < 1.29 is 9.13 Å². The van der Waals surface area contributed by atoms with E-state index >= 15 is 0 Å². The van der Waals surface area contributed by atoms with E-state index in [9.17, 15) is 4.39 Å². The second-order valence-corrected chi connectivity index (χ2v) is 9.53. The Hall–Kier alpha value is -1.46. The number of aliphatic imine (C=N–C) groups is 1. The van der Waals surface area contributed by atoms with Gasteiger partial charge in [-0.3, -0.25) is 0 Å². The van der Waals surface area contributed by atoms with Crippen LogP contribution in [-0.4, -0.2) is 50.1 Å². The van der Waals surface area contributed by atoms with Gasteiger partial charge >= 0.3 is 0 Å². The predicted octanol–water partition coefficient (Wildman–Crippen LogP) is 4.47. The van der Waals surface area contributed by atoms with E-state index in [4.69, 9.17) is 9.73 Å². The summed E-state index contributed by atoms with van der Waals surface area (Å²) in [5.74, 6) is 1.63. The molecule has 0 aromatic heterocycles. The summed E-state index contributed by atoms with van der Waals surface area (Å²) in [6, 6.07) is 0. The van der Waals surface area contributed by atoms with Crippen LogP contribution in [0.25, 0.3) is 0 Å². The molecule has 4 rings (SSSR count). The lowest BCUT2D eigenvalue weighted by Crippen LogP contribution is -2.49. The second kappa shape index (κ2) is 9.13. The Labute approximate surface area is 175 Å². The van der Waals surface area contributed by atoms with Crippen molar-refractivity contribution in [1.29, 1.82) is 0 Å². The fraction of sp³-hybridized carbons (Fsp3) is 0.708. The number of halogens is 1. The van der Waals surface area contributed by atoms with Gasteiger partial charge in [0.2, 0.25) is 0 Å². The number of rotatable bonds is 5. The summed E-state index contributed by atoms with van der Waals surface area (Å²) >= 11 is 0. The molecular formula is C24H36FN3O. The molecule has 160 valence electrons. The van der Waals surface area contributed by atoms with Crippen LogP contribution in [-0.2, 0) is 4.74 Å². The zero-order chi connectivity index (χ0) is 20.3. The number of piperidine rings is 2. The van der Waals surface area contributed by atoms with E-state index < -0.39 is 0 Å². The molecule has 0 amide bonds. The Kier molecular flexibility index (Phi) is 6.55. The van der Waals surface area contributed by atoms with E-state index in [-0.39, 0.29) is 17.2 Å². The Morgan fingerprint density at radius 3 is 2.93 bits per heavy atom. The van der Waals surface area contributed by atoms with Crippen LogP contribution in [0.4, 0.5) is 4.39 Å². The van der Waals surface area contributed by atoms with Gasteiger partial charge in [0, 0.05) is 43.6 Å². The van der Waals surface area contributed by atoms with E-state index in [1.807, 2.05) is 0 Å². The Morgan fingerprint density at radius 1 is 1.31 bits per heavy atom. The molecular weight excluding hydrogens is 365 g/mol. The van der Waals surface area contributed by atoms with Crippen molar-refractivity contribution in [2.45, 2.75) is 46.0 Å². The molecule has 29 heavy (non-hydrogen) atoms. The molecule has 1 aliphatic carbocycles. The minimum atomic E-state index is -0.115. The van der Waals surface area contributed by atoms with Crippen molar-refractivity contribution in [3.05, 3.63) is 35.8 Å². The maximum Gasteiger partial charge on any atom is 0.188 e. The molecule has 0 saturated carbocycles. The Balaban J connectivity index is 1.36. The first-order valence-corrected chi connectivity index (χ1v) is 11.4. The zero-order valence-electron chi connectivity index (χ0n) is 18.0. The number of likely N-dealkylation sites (tertiary alicyclic amines) is 1. The van der Waals surface area contributed by atoms with Crippen molar-refractivity contribution in [2.75, 3.05) is 39.3 Å². The Morgan fingerprint density at radius 2 is 2.14 bits per heavy atom. The molecule has 3 aliphatic heterocycles. The maximum absolute atomic E-state index is 13.6. The third-order valence-corrected chi connectivity index (χ3v) is 7.17. The average Bonchev–Trinajstić information content (AvgIpc) is 2.71. The molecule has 4 aliphatic rings. The van der Waals surface area contributed by atoms with Gasteiger partial charge in [-0.2, -0.15) is 0 Å². The maximum atomic E-state index is 13.6. The lowest BCUT2D eigenvalue weighted by Gasteiger charge is -2.46. The van der Waals surface area contributed by atoms with Crippen molar-refractivity contribution in [3.8, 4) is 0 Å². The fourth-order valence-electron chi connectivity index (χ4n) is 5.49. The Bertz CT molecular complexity index is 707. The van der Waals surface area contributed by atoms with E-state index in [1.54, 1.807) is 12.2 Å². The monoisotopic (exact) mass is 401 g/mol. The van der Waals surface area contributed by atoms with Gasteiger partial charge < -0.3 is 15.0 Å². The molecule has 4 atom stereocenters. The van der Waals surface area contributed by atoms with Crippen molar-refractivity contribution in [2.24, 2.45) is 28.2 Å². The normalized spacial score (nSPS) is 35.4. The first-order chi connectivity index (χ1) is 14.0. The molecule has 4 unspecified atom stereocenters. The zero-order valence-corrected chi connectivity index (χ0v) is 18.0. The summed E-state index contributed by atoms with van der Waals surface area (Å²) in [5, 5.41) is 3.63. The van der Waals surface area contributed by atoms with Crippen LogP contribution in [0.2, 0.25) is 0 Å². The van der Waals surface area contributed by atoms with Gasteiger partial charge in [-0.05, 0) is 61.9 Å². The highest BCUT2D eigenvalue weighted by Gasteiger charge is 2.43. The van der Waals surface area contributed by atoms with Crippen LogP contribution in [0.5, 0.6) is 0 Å².